The molecule has 0 spiro atoms. The van der Waals surface area contributed by atoms with Gasteiger partial charge >= 0.3 is 0 Å². The van der Waals surface area contributed by atoms with Crippen molar-refractivity contribution in [2.24, 2.45) is 0 Å². The average Bonchev–Trinajstić information content (AvgIpc) is 3.98. The number of para-hydroxylation sites is 2. The zero-order valence-corrected chi connectivity index (χ0v) is 29.6. The van der Waals surface area contributed by atoms with Crippen molar-refractivity contribution in [3.63, 3.8) is 0 Å². The maximum Gasteiger partial charge on any atom is 0.136 e. The van der Waals surface area contributed by atoms with E-state index in [1.165, 1.54) is 82.2 Å². The van der Waals surface area contributed by atoms with Gasteiger partial charge in [-0.1, -0.05) is 133 Å². The molecule has 1 aliphatic rings. The van der Waals surface area contributed by atoms with E-state index in [0.29, 0.717) is 0 Å². The number of fused-ring (bicyclic) bond motifs is 14. The van der Waals surface area contributed by atoms with Crippen LogP contribution in [-0.2, 0) is 0 Å². The molecule has 13 rings (SSSR count). The number of nitrogens with zero attached hydrogens (tertiary/aromatic N) is 2. The SMILES string of the molecule is c1ccc(-c2ccc(-n3c4ccc5oc6ccccc6c5c4c4ccc5c6ccccc6n(-c6ccc7c(c6)-c6cccc8cccc-7c68)c5c43)cc2)cc1. The van der Waals surface area contributed by atoms with Gasteiger partial charge in [-0.05, 0) is 92.7 Å². The Kier molecular flexibility index (Phi) is 5.63. The Morgan fingerprint density at radius 3 is 1.85 bits per heavy atom. The molecule has 0 bridgehead atoms. The van der Waals surface area contributed by atoms with Crippen LogP contribution in [-0.4, -0.2) is 9.13 Å². The summed E-state index contributed by atoms with van der Waals surface area (Å²) in [6.07, 6.45) is 0. The summed E-state index contributed by atoms with van der Waals surface area (Å²) in [5.41, 5.74) is 16.4. The summed E-state index contributed by atoms with van der Waals surface area (Å²) in [4.78, 5) is 0. The lowest BCUT2D eigenvalue weighted by molar-refractivity contribution is 0.669. The molecule has 0 unspecified atom stereocenters. The molecule has 12 aromatic rings. The van der Waals surface area contributed by atoms with Crippen LogP contribution in [0, 0.1) is 0 Å². The Bertz CT molecular complexity index is 3570. The fourth-order valence-electron chi connectivity index (χ4n) is 9.74. The highest BCUT2D eigenvalue weighted by Crippen LogP contribution is 2.50. The first-order chi connectivity index (χ1) is 27.3. The lowest BCUT2D eigenvalue weighted by Gasteiger charge is -2.14. The minimum atomic E-state index is 0.903. The topological polar surface area (TPSA) is 23.0 Å². The van der Waals surface area contributed by atoms with Gasteiger partial charge in [-0.25, -0.2) is 0 Å². The van der Waals surface area contributed by atoms with E-state index in [4.69, 9.17) is 4.42 Å². The van der Waals surface area contributed by atoms with Gasteiger partial charge in [0.05, 0.1) is 22.1 Å². The van der Waals surface area contributed by atoms with Crippen LogP contribution in [0.4, 0.5) is 0 Å². The zero-order valence-electron chi connectivity index (χ0n) is 29.6. The van der Waals surface area contributed by atoms with Crippen LogP contribution < -0.4 is 0 Å². The average molecular weight is 699 g/mol. The number of furan rings is 1. The summed E-state index contributed by atoms with van der Waals surface area (Å²) in [5, 5.41) is 9.79. The predicted octanol–water partition coefficient (Wildman–Crippen LogP) is 14.2. The van der Waals surface area contributed by atoms with Gasteiger partial charge in [0.15, 0.2) is 0 Å². The van der Waals surface area contributed by atoms with Crippen molar-refractivity contribution in [3.05, 3.63) is 182 Å². The third-order valence-electron chi connectivity index (χ3n) is 12.0. The van der Waals surface area contributed by atoms with E-state index in [1.807, 2.05) is 0 Å². The first kappa shape index (κ1) is 29.1. The molecule has 0 saturated carbocycles. The summed E-state index contributed by atoms with van der Waals surface area (Å²) >= 11 is 0. The van der Waals surface area contributed by atoms with Gasteiger partial charge in [-0.3, -0.25) is 0 Å². The Morgan fingerprint density at radius 2 is 1.00 bits per heavy atom. The minimum Gasteiger partial charge on any atom is -0.456 e. The molecule has 0 radical (unpaired) electrons. The van der Waals surface area contributed by atoms with Crippen molar-refractivity contribution in [2.45, 2.75) is 0 Å². The Labute approximate surface area is 315 Å². The number of hydrogen-bond acceptors (Lipinski definition) is 1. The van der Waals surface area contributed by atoms with Gasteiger partial charge in [0, 0.05) is 43.7 Å². The molecule has 55 heavy (non-hydrogen) atoms. The molecule has 1 aliphatic carbocycles. The summed E-state index contributed by atoms with van der Waals surface area (Å²) in [7, 11) is 0. The van der Waals surface area contributed by atoms with Gasteiger partial charge in [0.2, 0.25) is 0 Å². The fourth-order valence-corrected chi connectivity index (χ4v) is 9.74. The van der Waals surface area contributed by atoms with E-state index in [9.17, 15) is 0 Å². The molecule has 254 valence electrons. The first-order valence-electron chi connectivity index (χ1n) is 18.9. The van der Waals surface area contributed by atoms with Gasteiger partial charge in [-0.15, -0.1) is 0 Å². The van der Waals surface area contributed by atoms with Crippen molar-refractivity contribution in [2.75, 3.05) is 0 Å². The van der Waals surface area contributed by atoms with E-state index in [-0.39, 0.29) is 0 Å². The molecule has 9 aromatic carbocycles. The summed E-state index contributed by atoms with van der Waals surface area (Å²) in [6, 6.07) is 66.5. The second-order valence-electron chi connectivity index (χ2n) is 14.8. The van der Waals surface area contributed by atoms with Crippen LogP contribution in [0.25, 0.3) is 121 Å². The maximum atomic E-state index is 6.50. The van der Waals surface area contributed by atoms with Crippen molar-refractivity contribution in [1.29, 1.82) is 0 Å². The molecule has 0 amide bonds. The van der Waals surface area contributed by atoms with E-state index in [0.717, 1.165) is 38.8 Å². The molecular weight excluding hydrogens is 669 g/mol. The summed E-state index contributed by atoms with van der Waals surface area (Å²) in [5.74, 6) is 0. The lowest BCUT2D eigenvalue weighted by Crippen LogP contribution is -1.99. The third-order valence-corrected chi connectivity index (χ3v) is 12.0. The lowest BCUT2D eigenvalue weighted by atomic mass is 10.0. The standard InChI is InChI=1S/C52H30N2O/c1-2-10-31(11-3-1)32-20-22-34(23-21-32)53-45-28-29-47-50(41-15-5-7-19-46(41)55-47)49(45)42-27-26-40-37-14-4-6-18-44(37)54(51(40)52(42)53)35-24-25-36-38-16-8-12-33-13-9-17-39(48(33)38)43(36)30-35/h1-30H. The number of hydrogen-bond donors (Lipinski definition) is 0. The van der Waals surface area contributed by atoms with Crippen LogP contribution in [0.5, 0.6) is 0 Å². The number of aromatic nitrogens is 2. The monoisotopic (exact) mass is 698 g/mol. The smallest absolute Gasteiger partial charge is 0.136 e. The van der Waals surface area contributed by atoms with Crippen LogP contribution in [0.2, 0.25) is 0 Å². The number of rotatable bonds is 3. The van der Waals surface area contributed by atoms with Gasteiger partial charge < -0.3 is 13.6 Å². The van der Waals surface area contributed by atoms with Crippen molar-refractivity contribution in [3.8, 4) is 44.8 Å². The van der Waals surface area contributed by atoms with Crippen LogP contribution >= 0.6 is 0 Å². The highest BCUT2D eigenvalue weighted by atomic mass is 16.3. The molecule has 3 heteroatoms. The third kappa shape index (κ3) is 3.84. The van der Waals surface area contributed by atoms with Gasteiger partial charge in [0.1, 0.15) is 11.2 Å². The minimum absolute atomic E-state index is 0.903. The highest BCUT2D eigenvalue weighted by Gasteiger charge is 2.26. The normalized spacial score (nSPS) is 12.4. The Balaban J connectivity index is 1.18. The fraction of sp³-hybridized carbons (Fsp3) is 0. The second-order valence-corrected chi connectivity index (χ2v) is 14.8. The Morgan fingerprint density at radius 1 is 0.327 bits per heavy atom. The molecule has 0 fully saturated rings. The van der Waals surface area contributed by atoms with E-state index in [2.05, 4.69) is 191 Å². The highest BCUT2D eigenvalue weighted by molar-refractivity contribution is 6.31. The van der Waals surface area contributed by atoms with Crippen molar-refractivity contribution < 1.29 is 4.42 Å². The van der Waals surface area contributed by atoms with E-state index in [1.54, 1.807) is 0 Å². The van der Waals surface area contributed by atoms with Gasteiger partial charge in [0.25, 0.3) is 0 Å². The van der Waals surface area contributed by atoms with E-state index >= 15 is 0 Å². The second kappa shape index (κ2) is 10.6. The molecule has 0 aliphatic heterocycles. The van der Waals surface area contributed by atoms with Crippen molar-refractivity contribution in [1.82, 2.24) is 9.13 Å². The van der Waals surface area contributed by atoms with Crippen LogP contribution in [0.1, 0.15) is 0 Å². The number of benzene rings is 9. The molecular formula is C52H30N2O. The largest absolute Gasteiger partial charge is 0.456 e. The van der Waals surface area contributed by atoms with Gasteiger partial charge in [-0.2, -0.15) is 0 Å². The molecule has 0 atom stereocenters. The van der Waals surface area contributed by atoms with E-state index < -0.39 is 0 Å². The molecule has 3 aromatic heterocycles. The van der Waals surface area contributed by atoms with Crippen LogP contribution in [0.15, 0.2) is 186 Å². The molecule has 3 nitrogen and oxygen atoms in total. The predicted molar refractivity (Wildman–Crippen MR) is 230 cm³/mol. The molecule has 3 heterocycles. The summed E-state index contributed by atoms with van der Waals surface area (Å²) in [6.45, 7) is 0. The molecule has 0 saturated heterocycles. The summed E-state index contributed by atoms with van der Waals surface area (Å²) < 4.78 is 11.5. The quantitative estimate of drug-likeness (QED) is 0.180. The first-order valence-corrected chi connectivity index (χ1v) is 18.9. The Hall–Kier alpha value is -7.36. The maximum absolute atomic E-state index is 6.50. The molecule has 0 N–H and O–H groups in total. The van der Waals surface area contributed by atoms with Crippen molar-refractivity contribution >= 4 is 76.3 Å². The van der Waals surface area contributed by atoms with Crippen LogP contribution in [0.3, 0.4) is 0 Å². The zero-order chi connectivity index (χ0) is 35.8.